The van der Waals surface area contributed by atoms with Crippen LogP contribution in [0.15, 0.2) is 0 Å². The summed E-state index contributed by atoms with van der Waals surface area (Å²) >= 11 is 0. The number of rotatable bonds is 1. The van der Waals surface area contributed by atoms with Gasteiger partial charge in [-0.05, 0) is 25.2 Å². The molecule has 5 heteroatoms. The van der Waals surface area contributed by atoms with Gasteiger partial charge in [0.15, 0.2) is 0 Å². The highest BCUT2D eigenvalue weighted by atomic mass is 32.2. The topological polar surface area (TPSA) is 54.4 Å². The Morgan fingerprint density at radius 3 is 2.42 bits per heavy atom. The molecule has 0 amide bonds. The molecule has 0 aromatic rings. The lowest BCUT2D eigenvalue weighted by Crippen LogP contribution is -2.35. The lowest BCUT2D eigenvalue weighted by molar-refractivity contribution is 0.212. The van der Waals surface area contributed by atoms with E-state index in [4.69, 9.17) is 4.55 Å². The van der Waals surface area contributed by atoms with Gasteiger partial charge < -0.3 is 0 Å². The van der Waals surface area contributed by atoms with Crippen LogP contribution in [0.4, 0.5) is 4.39 Å². The summed E-state index contributed by atoms with van der Waals surface area (Å²) in [7, 11) is -4.05. The molecule has 12 heavy (non-hydrogen) atoms. The third-order valence-corrected chi connectivity index (χ3v) is 3.86. The van der Waals surface area contributed by atoms with E-state index in [1.54, 1.807) is 6.92 Å². The Morgan fingerprint density at radius 1 is 1.42 bits per heavy atom. The summed E-state index contributed by atoms with van der Waals surface area (Å²) in [6.45, 7) is 1.73. The first kappa shape index (κ1) is 9.92. The monoisotopic (exact) mass is 196 g/mol. The van der Waals surface area contributed by atoms with Gasteiger partial charge in [0.25, 0.3) is 10.1 Å². The number of halogens is 1. The van der Waals surface area contributed by atoms with Crippen molar-refractivity contribution in [3.8, 4) is 0 Å². The summed E-state index contributed by atoms with van der Waals surface area (Å²) < 4.78 is 43.0. The van der Waals surface area contributed by atoms with Crippen molar-refractivity contribution in [1.82, 2.24) is 0 Å². The maximum Gasteiger partial charge on any atom is 0.268 e. The Balaban J connectivity index is 2.74. The zero-order chi connectivity index (χ0) is 9.35. The largest absolute Gasteiger partial charge is 0.285 e. The maximum absolute atomic E-state index is 12.8. The predicted octanol–water partition coefficient (Wildman–Crippen LogP) is 1.40. The van der Waals surface area contributed by atoms with Crippen LogP contribution in [0.5, 0.6) is 0 Å². The number of hydrogen-bond donors (Lipinski definition) is 1. The molecule has 1 saturated carbocycles. The second-order valence-electron chi connectivity index (χ2n) is 3.44. The fraction of sp³-hybridized carbons (Fsp3) is 1.00. The van der Waals surface area contributed by atoms with Crippen molar-refractivity contribution >= 4 is 10.1 Å². The molecule has 1 fully saturated rings. The smallest absolute Gasteiger partial charge is 0.268 e. The van der Waals surface area contributed by atoms with Gasteiger partial charge in [-0.3, -0.25) is 4.55 Å². The summed E-state index contributed by atoms with van der Waals surface area (Å²) in [6, 6.07) is 0. The van der Waals surface area contributed by atoms with Crippen molar-refractivity contribution < 1.29 is 17.4 Å². The first-order valence-corrected chi connectivity index (χ1v) is 5.52. The van der Waals surface area contributed by atoms with Gasteiger partial charge in [-0.1, -0.05) is 6.92 Å². The fourth-order valence-corrected chi connectivity index (χ4v) is 2.82. The fourth-order valence-electron chi connectivity index (χ4n) is 1.65. The van der Waals surface area contributed by atoms with E-state index in [2.05, 4.69) is 0 Å². The molecule has 1 aliphatic rings. The lowest BCUT2D eigenvalue weighted by Gasteiger charge is -2.28. The molecule has 0 saturated heterocycles. The molecule has 1 rings (SSSR count). The minimum absolute atomic E-state index is 0.0556. The van der Waals surface area contributed by atoms with Crippen molar-refractivity contribution in [1.29, 1.82) is 0 Å². The second-order valence-corrected chi connectivity index (χ2v) is 5.08. The molecule has 1 N–H and O–H groups in total. The molecule has 0 aliphatic heterocycles. The normalized spacial score (nSPS) is 38.1. The van der Waals surface area contributed by atoms with Crippen LogP contribution >= 0.6 is 0 Å². The van der Waals surface area contributed by atoms with Gasteiger partial charge in [0.05, 0.1) is 5.25 Å². The Labute approximate surface area is 71.7 Å². The zero-order valence-corrected chi connectivity index (χ0v) is 7.72. The van der Waals surface area contributed by atoms with E-state index < -0.39 is 21.5 Å². The molecule has 72 valence electrons. The Bertz CT molecular complexity index is 249. The highest BCUT2D eigenvalue weighted by molar-refractivity contribution is 7.86. The molecule has 3 nitrogen and oxygen atoms in total. The molecular weight excluding hydrogens is 183 g/mol. The summed E-state index contributed by atoms with van der Waals surface area (Å²) in [5.74, 6) is -0.132. The SMILES string of the molecule is CC1CCC(F)CC1S(=O)(=O)O. The maximum atomic E-state index is 12.8. The Kier molecular flexibility index (Phi) is 2.73. The van der Waals surface area contributed by atoms with Gasteiger partial charge in [-0.2, -0.15) is 8.42 Å². The number of alkyl halides is 1. The molecule has 0 radical (unpaired) electrons. The summed E-state index contributed by atoms with van der Waals surface area (Å²) in [4.78, 5) is 0. The van der Waals surface area contributed by atoms with Crippen LogP contribution in [0.2, 0.25) is 0 Å². The quantitative estimate of drug-likeness (QED) is 0.645. The Morgan fingerprint density at radius 2 is 2.00 bits per heavy atom. The van der Waals surface area contributed by atoms with Crippen molar-refractivity contribution in [2.24, 2.45) is 5.92 Å². The third kappa shape index (κ3) is 2.17. The standard InChI is InChI=1S/C7H13FO3S/c1-5-2-3-6(8)4-7(5)12(9,10)11/h5-7H,2-4H2,1H3,(H,9,10,11). The van der Waals surface area contributed by atoms with E-state index >= 15 is 0 Å². The molecule has 3 atom stereocenters. The van der Waals surface area contributed by atoms with Crippen LogP contribution in [-0.2, 0) is 10.1 Å². The van der Waals surface area contributed by atoms with Gasteiger partial charge in [0.1, 0.15) is 6.17 Å². The van der Waals surface area contributed by atoms with Crippen molar-refractivity contribution in [2.75, 3.05) is 0 Å². The molecule has 3 unspecified atom stereocenters. The lowest BCUT2D eigenvalue weighted by atomic mass is 9.89. The van der Waals surface area contributed by atoms with E-state index in [9.17, 15) is 12.8 Å². The molecule has 0 aromatic heterocycles. The van der Waals surface area contributed by atoms with E-state index in [1.807, 2.05) is 0 Å². The number of hydrogen-bond acceptors (Lipinski definition) is 2. The zero-order valence-electron chi connectivity index (χ0n) is 6.90. The van der Waals surface area contributed by atoms with Gasteiger partial charge in [-0.15, -0.1) is 0 Å². The average Bonchev–Trinajstić information content (AvgIpc) is 1.92. The minimum atomic E-state index is -4.05. The van der Waals surface area contributed by atoms with Crippen LogP contribution in [0.1, 0.15) is 26.2 Å². The average molecular weight is 196 g/mol. The van der Waals surface area contributed by atoms with E-state index in [0.717, 1.165) is 0 Å². The molecule has 0 spiro atoms. The van der Waals surface area contributed by atoms with Gasteiger partial charge in [0, 0.05) is 0 Å². The van der Waals surface area contributed by atoms with Gasteiger partial charge >= 0.3 is 0 Å². The Hall–Kier alpha value is -0.160. The highest BCUT2D eigenvalue weighted by Gasteiger charge is 2.35. The summed E-state index contributed by atoms with van der Waals surface area (Å²) in [6.07, 6.45) is -0.188. The van der Waals surface area contributed by atoms with Crippen LogP contribution in [0.25, 0.3) is 0 Å². The van der Waals surface area contributed by atoms with Crippen molar-refractivity contribution in [3.63, 3.8) is 0 Å². The molecular formula is C7H13FO3S. The van der Waals surface area contributed by atoms with E-state index in [0.29, 0.717) is 12.8 Å². The van der Waals surface area contributed by atoms with Gasteiger partial charge in [-0.25, -0.2) is 4.39 Å². The van der Waals surface area contributed by atoms with E-state index in [-0.39, 0.29) is 12.3 Å². The molecule has 0 aromatic carbocycles. The molecule has 0 bridgehead atoms. The predicted molar refractivity (Wildman–Crippen MR) is 43.2 cm³/mol. The van der Waals surface area contributed by atoms with Crippen LogP contribution in [0.3, 0.4) is 0 Å². The first-order valence-electron chi connectivity index (χ1n) is 4.01. The second kappa shape index (κ2) is 3.30. The minimum Gasteiger partial charge on any atom is -0.285 e. The van der Waals surface area contributed by atoms with Crippen LogP contribution in [-0.4, -0.2) is 24.4 Å². The first-order chi connectivity index (χ1) is 5.41. The highest BCUT2D eigenvalue weighted by Crippen LogP contribution is 2.30. The van der Waals surface area contributed by atoms with Crippen molar-refractivity contribution in [2.45, 2.75) is 37.6 Å². The summed E-state index contributed by atoms with van der Waals surface area (Å²) in [5.41, 5.74) is 0. The van der Waals surface area contributed by atoms with Crippen LogP contribution in [0, 0.1) is 5.92 Å². The third-order valence-electron chi connectivity index (χ3n) is 2.44. The molecule has 1 aliphatic carbocycles. The van der Waals surface area contributed by atoms with Crippen molar-refractivity contribution in [3.05, 3.63) is 0 Å². The van der Waals surface area contributed by atoms with Crippen LogP contribution < -0.4 is 0 Å². The van der Waals surface area contributed by atoms with E-state index in [1.165, 1.54) is 0 Å². The molecule has 0 heterocycles. The summed E-state index contributed by atoms with van der Waals surface area (Å²) in [5, 5.41) is -0.902. The van der Waals surface area contributed by atoms with Gasteiger partial charge in [0.2, 0.25) is 0 Å².